The van der Waals surface area contributed by atoms with Crippen molar-refractivity contribution in [2.45, 2.75) is 103 Å². The average molecular weight is 581 g/mol. The van der Waals surface area contributed by atoms with Crippen LogP contribution in [0.3, 0.4) is 0 Å². The quantitative estimate of drug-likeness (QED) is 0.400. The number of hydrogen-bond donors (Lipinski definition) is 1. The maximum atomic E-state index is 12.9. The summed E-state index contributed by atoms with van der Waals surface area (Å²) < 4.78 is 22.1. The molecule has 0 saturated carbocycles. The normalized spacial score (nSPS) is 21.3. The Balaban J connectivity index is 1.93. The van der Waals surface area contributed by atoms with E-state index in [1.165, 1.54) is 0 Å². The van der Waals surface area contributed by atoms with E-state index in [0.717, 1.165) is 13.1 Å². The lowest BCUT2D eigenvalue weighted by atomic mass is 10.2. The Morgan fingerprint density at radius 3 is 2.23 bits per heavy atom. The summed E-state index contributed by atoms with van der Waals surface area (Å²) in [5.41, 5.74) is 0.578. The molecule has 3 rings (SSSR count). The Morgan fingerprint density at radius 1 is 1.05 bits per heavy atom. The minimum atomic E-state index is -2.07. The van der Waals surface area contributed by atoms with E-state index in [-0.39, 0.29) is 34.1 Å². The third-order valence-corrected chi connectivity index (χ3v) is 17.8. The van der Waals surface area contributed by atoms with Gasteiger partial charge in [-0.25, -0.2) is 4.98 Å². The number of aromatic nitrogens is 4. The van der Waals surface area contributed by atoms with Gasteiger partial charge in [0.05, 0.1) is 19.0 Å². The minimum Gasteiger partial charge on any atom is -0.414 e. The van der Waals surface area contributed by atoms with Crippen LogP contribution < -0.4 is 10.5 Å². The van der Waals surface area contributed by atoms with Gasteiger partial charge in [0.1, 0.15) is 12.3 Å². The number of ether oxygens (including phenoxy) is 1. The van der Waals surface area contributed by atoms with Crippen LogP contribution in [0, 0.1) is 0 Å². The lowest BCUT2D eigenvalue weighted by Gasteiger charge is -2.40. The molecule has 0 spiro atoms. The molecule has 0 aromatic carbocycles. The molecule has 2 aromatic heterocycles. The Hall–Kier alpha value is -1.58. The van der Waals surface area contributed by atoms with Crippen LogP contribution in [-0.4, -0.2) is 94.1 Å². The van der Waals surface area contributed by atoms with Gasteiger partial charge in [0.15, 0.2) is 27.8 Å². The van der Waals surface area contributed by atoms with Crippen molar-refractivity contribution in [2.75, 3.05) is 45.7 Å². The molecule has 3 atom stereocenters. The maximum absolute atomic E-state index is 12.9. The highest BCUT2D eigenvalue weighted by atomic mass is 28.4. The molecule has 0 aliphatic carbocycles. The summed E-state index contributed by atoms with van der Waals surface area (Å²) in [7, 11) is 1.91. The smallest absolute Gasteiger partial charge is 0.280 e. The lowest BCUT2D eigenvalue weighted by Crippen LogP contribution is -2.48. The van der Waals surface area contributed by atoms with Crippen LogP contribution in [0.25, 0.3) is 11.2 Å². The number of nitrogens with zero attached hydrogens (tertiary/aromatic N) is 5. The molecule has 1 fully saturated rings. The van der Waals surface area contributed by atoms with Crippen LogP contribution >= 0.6 is 0 Å². The van der Waals surface area contributed by atoms with E-state index >= 15 is 0 Å². The van der Waals surface area contributed by atoms with Crippen LogP contribution in [0.15, 0.2) is 11.1 Å². The second kappa shape index (κ2) is 11.4. The van der Waals surface area contributed by atoms with E-state index in [9.17, 15) is 4.79 Å². The van der Waals surface area contributed by atoms with E-state index in [1.807, 2.05) is 30.6 Å². The molecule has 0 amide bonds. The standard InChI is InChI=1S/C27H52N6O4Si2/c1-26(2,3)38(10,11)35-17-20-19(37-39(12,13)27(4,5)6)16-21(36-20)33-18-28-22-23(33)29-25(30-24(22)34)32(9)15-14-31(7)8/h18-21H,14-17H2,1-13H3,(H,29,30,34)/t19-,20+,21+/m0/s1. The van der Waals surface area contributed by atoms with Gasteiger partial charge in [-0.1, -0.05) is 41.5 Å². The molecule has 2 aromatic rings. The van der Waals surface area contributed by atoms with E-state index in [0.29, 0.717) is 30.1 Å². The highest BCUT2D eigenvalue weighted by Gasteiger charge is 2.47. The fourth-order valence-electron chi connectivity index (χ4n) is 3.97. The van der Waals surface area contributed by atoms with Crippen LogP contribution in [0.5, 0.6) is 0 Å². The van der Waals surface area contributed by atoms with Crippen molar-refractivity contribution in [2.24, 2.45) is 0 Å². The number of rotatable bonds is 10. The monoisotopic (exact) mass is 580 g/mol. The van der Waals surface area contributed by atoms with Crippen molar-refractivity contribution in [3.8, 4) is 0 Å². The van der Waals surface area contributed by atoms with Crippen molar-refractivity contribution >= 4 is 33.7 Å². The van der Waals surface area contributed by atoms with Crippen molar-refractivity contribution in [1.29, 1.82) is 0 Å². The molecule has 1 saturated heterocycles. The molecule has 3 heterocycles. The summed E-state index contributed by atoms with van der Waals surface area (Å²) in [6, 6.07) is 0. The zero-order chi connectivity index (χ0) is 29.6. The third-order valence-electron chi connectivity index (χ3n) is 8.82. The summed E-state index contributed by atoms with van der Waals surface area (Å²) in [4.78, 5) is 29.1. The van der Waals surface area contributed by atoms with E-state index in [1.54, 1.807) is 6.33 Å². The first-order valence-corrected chi connectivity index (χ1v) is 19.8. The Morgan fingerprint density at radius 2 is 1.67 bits per heavy atom. The van der Waals surface area contributed by atoms with Crippen molar-refractivity contribution in [3.63, 3.8) is 0 Å². The molecule has 1 N–H and O–H groups in total. The number of fused-ring (bicyclic) bond motifs is 1. The fourth-order valence-corrected chi connectivity index (χ4v) is 6.34. The predicted octanol–water partition coefficient (Wildman–Crippen LogP) is 4.82. The number of hydrogen-bond acceptors (Lipinski definition) is 8. The highest BCUT2D eigenvalue weighted by molar-refractivity contribution is 6.74. The number of imidazole rings is 1. The zero-order valence-corrected chi connectivity index (χ0v) is 28.5. The number of aromatic amines is 1. The Bertz CT molecular complexity index is 1180. The minimum absolute atomic E-state index is 0.0680. The van der Waals surface area contributed by atoms with Gasteiger partial charge >= 0.3 is 0 Å². The topological polar surface area (TPSA) is 97.7 Å². The Labute approximate surface area is 236 Å². The molecule has 0 radical (unpaired) electrons. The third kappa shape index (κ3) is 7.20. The first-order valence-electron chi connectivity index (χ1n) is 14.0. The van der Waals surface area contributed by atoms with Gasteiger partial charge in [0.25, 0.3) is 5.56 Å². The highest BCUT2D eigenvalue weighted by Crippen LogP contribution is 2.42. The van der Waals surface area contributed by atoms with Gasteiger partial charge in [0, 0.05) is 26.6 Å². The van der Waals surface area contributed by atoms with Crippen LogP contribution in [-0.2, 0) is 13.6 Å². The zero-order valence-electron chi connectivity index (χ0n) is 26.5. The van der Waals surface area contributed by atoms with Crippen molar-refractivity contribution in [3.05, 3.63) is 16.7 Å². The molecular weight excluding hydrogens is 529 g/mol. The van der Waals surface area contributed by atoms with Gasteiger partial charge in [-0.05, 0) is 50.4 Å². The largest absolute Gasteiger partial charge is 0.414 e. The lowest BCUT2D eigenvalue weighted by molar-refractivity contribution is -0.0383. The van der Waals surface area contributed by atoms with Gasteiger partial charge in [-0.15, -0.1) is 0 Å². The van der Waals surface area contributed by atoms with Crippen molar-refractivity contribution in [1.82, 2.24) is 24.4 Å². The second-order valence-corrected chi connectivity index (χ2v) is 23.9. The van der Waals surface area contributed by atoms with Gasteiger partial charge in [-0.2, -0.15) is 4.98 Å². The number of H-pyrrole nitrogens is 1. The van der Waals surface area contributed by atoms with Gasteiger partial charge < -0.3 is 23.4 Å². The van der Waals surface area contributed by atoms with Crippen molar-refractivity contribution < 1.29 is 13.6 Å². The van der Waals surface area contributed by atoms with E-state index < -0.39 is 16.6 Å². The summed E-state index contributed by atoms with van der Waals surface area (Å²) >= 11 is 0. The summed E-state index contributed by atoms with van der Waals surface area (Å²) in [5, 5.41) is 0.166. The molecular formula is C27H52N6O4Si2. The summed E-state index contributed by atoms with van der Waals surface area (Å²) in [5.74, 6) is 0.515. The molecule has 12 heteroatoms. The fraction of sp³-hybridized carbons (Fsp3) is 0.815. The average Bonchev–Trinajstić information content (AvgIpc) is 3.38. The summed E-state index contributed by atoms with van der Waals surface area (Å²) in [6.45, 7) is 24.6. The number of likely N-dealkylation sites (N-methyl/N-ethyl adjacent to an activating group) is 2. The first-order chi connectivity index (χ1) is 17.7. The van der Waals surface area contributed by atoms with E-state index in [2.05, 4.69) is 82.6 Å². The van der Waals surface area contributed by atoms with Gasteiger partial charge in [-0.3, -0.25) is 14.3 Å². The second-order valence-electron chi connectivity index (χ2n) is 14.3. The molecule has 39 heavy (non-hydrogen) atoms. The maximum Gasteiger partial charge on any atom is 0.280 e. The number of nitrogens with one attached hydrogen (secondary N) is 1. The number of anilines is 1. The molecule has 0 bridgehead atoms. The summed E-state index contributed by atoms with van der Waals surface area (Å²) in [6.07, 6.45) is 1.61. The van der Waals surface area contributed by atoms with Gasteiger partial charge in [0.2, 0.25) is 5.95 Å². The molecule has 1 aliphatic rings. The predicted molar refractivity (Wildman–Crippen MR) is 164 cm³/mol. The SMILES string of the molecule is CN(C)CCN(C)c1nc2c(ncn2[C@H]2C[C@H](O[Si](C)(C)C(C)(C)C)[C@@H](CO[Si](C)(C)C(C)(C)C)O2)c(=O)[nH]1. The molecule has 1 aliphatic heterocycles. The first kappa shape index (κ1) is 31.9. The van der Waals surface area contributed by atoms with Crippen LogP contribution in [0.2, 0.25) is 36.3 Å². The molecule has 0 unspecified atom stereocenters. The Kier molecular flexibility index (Phi) is 9.31. The molecule has 222 valence electrons. The van der Waals surface area contributed by atoms with Crippen LogP contribution in [0.1, 0.15) is 54.2 Å². The van der Waals surface area contributed by atoms with Crippen LogP contribution in [0.4, 0.5) is 5.95 Å². The van der Waals surface area contributed by atoms with E-state index in [4.69, 9.17) is 18.6 Å². The molecule has 10 nitrogen and oxygen atoms in total.